The van der Waals surface area contributed by atoms with E-state index in [1.165, 1.54) is 10.4 Å². The van der Waals surface area contributed by atoms with Crippen LogP contribution in [0.2, 0.25) is 0 Å². The Bertz CT molecular complexity index is 535. The fraction of sp³-hybridized carbons (Fsp3) is 0.571. The van der Waals surface area contributed by atoms with E-state index in [9.17, 15) is 9.59 Å². The fourth-order valence-electron chi connectivity index (χ4n) is 2.76. The third-order valence-electron chi connectivity index (χ3n) is 4.16. The lowest BCUT2D eigenvalue weighted by molar-refractivity contribution is -0.150. The summed E-state index contributed by atoms with van der Waals surface area (Å²) in [6.07, 6.45) is 2.07. The van der Waals surface area contributed by atoms with Crippen LogP contribution in [0.3, 0.4) is 0 Å². The average Bonchev–Trinajstić information content (AvgIpc) is 3.13. The molecule has 1 saturated heterocycles. The Morgan fingerprint density at radius 2 is 2.21 bits per heavy atom. The molecule has 0 aromatic carbocycles. The van der Waals surface area contributed by atoms with Crippen molar-refractivity contribution >= 4 is 23.2 Å². The van der Waals surface area contributed by atoms with Gasteiger partial charge in [0.2, 0.25) is 11.8 Å². The largest absolute Gasteiger partial charge is 0.340 e. The van der Waals surface area contributed by atoms with Gasteiger partial charge in [0.1, 0.15) is 12.1 Å². The highest BCUT2D eigenvalue weighted by atomic mass is 32.1. The average molecular weight is 278 g/mol. The summed E-state index contributed by atoms with van der Waals surface area (Å²) in [5, 5.41) is 4.93. The molecule has 1 aromatic heterocycles. The molecule has 2 heterocycles. The first-order valence-corrected chi connectivity index (χ1v) is 7.52. The van der Waals surface area contributed by atoms with Crippen LogP contribution in [0.25, 0.3) is 0 Å². The summed E-state index contributed by atoms with van der Waals surface area (Å²) in [6.45, 7) is 4.65. The molecule has 4 nitrogen and oxygen atoms in total. The number of aryl methyl sites for hydroxylation is 1. The predicted octanol–water partition coefficient (Wildman–Crippen LogP) is 1.68. The summed E-state index contributed by atoms with van der Waals surface area (Å²) in [4.78, 5) is 27.4. The molecule has 102 valence electrons. The van der Waals surface area contributed by atoms with E-state index in [0.29, 0.717) is 12.5 Å². The number of nitrogens with one attached hydrogen (secondary N) is 1. The van der Waals surface area contributed by atoms with E-state index in [4.69, 9.17) is 0 Å². The van der Waals surface area contributed by atoms with Crippen LogP contribution in [0.4, 0.5) is 0 Å². The van der Waals surface area contributed by atoms with Crippen molar-refractivity contribution in [1.29, 1.82) is 0 Å². The molecule has 19 heavy (non-hydrogen) atoms. The van der Waals surface area contributed by atoms with Gasteiger partial charge in [0.15, 0.2) is 0 Å². The molecule has 1 N–H and O–H groups in total. The maximum atomic E-state index is 12.6. The fourth-order valence-corrected chi connectivity index (χ4v) is 3.68. The van der Waals surface area contributed by atoms with Crippen LogP contribution in [-0.2, 0) is 16.1 Å². The standard InChI is InChI=1S/C14H18N2O2S/c1-9-5-6-19-11(9)7-16-8-12(17)15-14(2,13(16)18)10-3-4-10/h5-6,10H,3-4,7-8H2,1-2H3,(H,15,17). The van der Waals surface area contributed by atoms with Crippen molar-refractivity contribution in [2.45, 2.75) is 38.8 Å². The van der Waals surface area contributed by atoms with Crippen molar-refractivity contribution in [2.75, 3.05) is 6.54 Å². The minimum absolute atomic E-state index is 0.0387. The number of piperazine rings is 1. The van der Waals surface area contributed by atoms with Gasteiger partial charge in [-0.15, -0.1) is 11.3 Å². The van der Waals surface area contributed by atoms with Crippen molar-refractivity contribution in [3.63, 3.8) is 0 Å². The van der Waals surface area contributed by atoms with Gasteiger partial charge in [-0.25, -0.2) is 0 Å². The Kier molecular flexibility index (Phi) is 2.89. The topological polar surface area (TPSA) is 49.4 Å². The van der Waals surface area contributed by atoms with Crippen molar-refractivity contribution in [3.8, 4) is 0 Å². The van der Waals surface area contributed by atoms with E-state index in [-0.39, 0.29) is 18.4 Å². The van der Waals surface area contributed by atoms with Crippen LogP contribution in [-0.4, -0.2) is 28.8 Å². The number of nitrogens with zero attached hydrogens (tertiary/aromatic N) is 1. The van der Waals surface area contributed by atoms with Crippen LogP contribution in [0.5, 0.6) is 0 Å². The normalized spacial score (nSPS) is 27.6. The van der Waals surface area contributed by atoms with Gasteiger partial charge in [0.25, 0.3) is 0 Å². The highest BCUT2D eigenvalue weighted by Gasteiger charge is 2.52. The van der Waals surface area contributed by atoms with Gasteiger partial charge < -0.3 is 10.2 Å². The van der Waals surface area contributed by atoms with E-state index in [1.54, 1.807) is 16.2 Å². The number of hydrogen-bond donors (Lipinski definition) is 1. The molecule has 0 bridgehead atoms. The molecular formula is C14H18N2O2S. The summed E-state index contributed by atoms with van der Waals surface area (Å²) < 4.78 is 0. The highest BCUT2D eigenvalue weighted by Crippen LogP contribution is 2.41. The molecule has 1 aliphatic heterocycles. The summed E-state index contributed by atoms with van der Waals surface area (Å²) in [7, 11) is 0. The first kappa shape index (κ1) is 12.7. The zero-order valence-corrected chi connectivity index (χ0v) is 12.0. The minimum atomic E-state index is -0.680. The zero-order valence-electron chi connectivity index (χ0n) is 11.2. The Balaban J connectivity index is 1.82. The number of amides is 2. The number of rotatable bonds is 3. The molecule has 1 saturated carbocycles. The van der Waals surface area contributed by atoms with E-state index in [0.717, 1.165) is 12.8 Å². The molecular weight excluding hydrogens is 260 g/mol. The zero-order chi connectivity index (χ0) is 13.6. The number of carbonyl (C=O) groups is 2. The number of carbonyl (C=O) groups excluding carboxylic acids is 2. The molecule has 2 amide bonds. The first-order valence-electron chi connectivity index (χ1n) is 6.64. The van der Waals surface area contributed by atoms with E-state index >= 15 is 0 Å². The monoisotopic (exact) mass is 278 g/mol. The van der Waals surface area contributed by atoms with Crippen LogP contribution < -0.4 is 5.32 Å². The van der Waals surface area contributed by atoms with Gasteiger partial charge in [-0.1, -0.05) is 0 Å². The van der Waals surface area contributed by atoms with Crippen molar-refractivity contribution in [2.24, 2.45) is 5.92 Å². The molecule has 2 fully saturated rings. The maximum absolute atomic E-state index is 12.6. The number of hydrogen-bond acceptors (Lipinski definition) is 3. The smallest absolute Gasteiger partial charge is 0.249 e. The van der Waals surface area contributed by atoms with Gasteiger partial charge in [0.05, 0.1) is 6.54 Å². The molecule has 0 radical (unpaired) electrons. The molecule has 1 atom stereocenters. The van der Waals surface area contributed by atoms with Crippen LogP contribution in [0.1, 0.15) is 30.2 Å². The molecule has 3 rings (SSSR count). The molecule has 5 heteroatoms. The van der Waals surface area contributed by atoms with Gasteiger partial charge in [-0.2, -0.15) is 0 Å². The van der Waals surface area contributed by atoms with Gasteiger partial charge in [-0.05, 0) is 49.6 Å². The molecule has 0 spiro atoms. The maximum Gasteiger partial charge on any atom is 0.249 e. The second-order valence-electron chi connectivity index (χ2n) is 5.71. The predicted molar refractivity (Wildman–Crippen MR) is 73.7 cm³/mol. The minimum Gasteiger partial charge on any atom is -0.340 e. The Morgan fingerprint density at radius 1 is 1.47 bits per heavy atom. The van der Waals surface area contributed by atoms with Gasteiger partial charge in [0, 0.05) is 4.88 Å². The quantitative estimate of drug-likeness (QED) is 0.914. The van der Waals surface area contributed by atoms with Crippen molar-refractivity contribution < 1.29 is 9.59 Å². The molecule has 1 aliphatic carbocycles. The Morgan fingerprint density at radius 3 is 2.79 bits per heavy atom. The highest BCUT2D eigenvalue weighted by molar-refractivity contribution is 7.10. The second kappa shape index (κ2) is 4.34. The van der Waals surface area contributed by atoms with Crippen LogP contribution in [0, 0.1) is 12.8 Å². The Hall–Kier alpha value is -1.36. The van der Waals surface area contributed by atoms with Gasteiger partial charge >= 0.3 is 0 Å². The van der Waals surface area contributed by atoms with E-state index < -0.39 is 5.54 Å². The van der Waals surface area contributed by atoms with Crippen LogP contribution in [0.15, 0.2) is 11.4 Å². The SMILES string of the molecule is Cc1ccsc1CN1CC(=O)NC(C)(C2CC2)C1=O. The van der Waals surface area contributed by atoms with E-state index in [2.05, 4.69) is 11.4 Å². The van der Waals surface area contributed by atoms with Crippen molar-refractivity contribution in [3.05, 3.63) is 21.9 Å². The summed E-state index contributed by atoms with van der Waals surface area (Å²) in [6, 6.07) is 2.05. The third-order valence-corrected chi connectivity index (χ3v) is 5.17. The first-order chi connectivity index (χ1) is 9.00. The van der Waals surface area contributed by atoms with Gasteiger partial charge in [-0.3, -0.25) is 9.59 Å². The molecule has 1 aromatic rings. The Labute approximate surface area is 116 Å². The van der Waals surface area contributed by atoms with E-state index in [1.807, 2.05) is 19.2 Å². The lowest BCUT2D eigenvalue weighted by atomic mass is 9.91. The summed E-state index contributed by atoms with van der Waals surface area (Å²) >= 11 is 1.65. The summed E-state index contributed by atoms with van der Waals surface area (Å²) in [5.74, 6) is 0.349. The van der Waals surface area contributed by atoms with Crippen LogP contribution >= 0.6 is 11.3 Å². The third kappa shape index (κ3) is 2.16. The molecule has 1 unspecified atom stereocenters. The summed E-state index contributed by atoms with van der Waals surface area (Å²) in [5.41, 5.74) is 0.512. The number of thiophene rings is 1. The van der Waals surface area contributed by atoms with Crippen molar-refractivity contribution in [1.82, 2.24) is 10.2 Å². The lowest BCUT2D eigenvalue weighted by Crippen LogP contribution is -2.66. The second-order valence-corrected chi connectivity index (χ2v) is 6.71. The molecule has 2 aliphatic rings. The lowest BCUT2D eigenvalue weighted by Gasteiger charge is -2.40.